The number of nitriles is 1. The van der Waals surface area contributed by atoms with Crippen LogP contribution in [-0.4, -0.2) is 12.6 Å². The number of rotatable bonds is 3. The van der Waals surface area contributed by atoms with E-state index in [1.807, 2.05) is 6.07 Å². The maximum absolute atomic E-state index is 11.1. The Balaban J connectivity index is 4.28. The third-order valence-corrected chi connectivity index (χ3v) is 1.68. The van der Waals surface area contributed by atoms with Gasteiger partial charge in [-0.2, -0.15) is 5.26 Å². The van der Waals surface area contributed by atoms with Gasteiger partial charge in [0.2, 0.25) is 0 Å². The Kier molecular flexibility index (Phi) is 3.59. The first-order chi connectivity index (χ1) is 5.10. The summed E-state index contributed by atoms with van der Waals surface area (Å²) < 4.78 is 4.73. The molecular formula is C8H13NO2. The van der Waals surface area contributed by atoms with Gasteiger partial charge >= 0.3 is 5.97 Å². The Labute approximate surface area is 67.0 Å². The van der Waals surface area contributed by atoms with Crippen molar-refractivity contribution >= 4 is 5.97 Å². The van der Waals surface area contributed by atoms with Crippen LogP contribution in [0.25, 0.3) is 0 Å². The molecule has 0 spiro atoms. The summed E-state index contributed by atoms with van der Waals surface area (Å²) in [6.45, 7) is 5.44. The second-order valence-electron chi connectivity index (χ2n) is 2.52. The number of hydrogen-bond acceptors (Lipinski definition) is 3. The highest BCUT2D eigenvalue weighted by atomic mass is 16.5. The number of esters is 1. The molecule has 3 heteroatoms. The maximum atomic E-state index is 11.1. The summed E-state index contributed by atoms with van der Waals surface area (Å²) in [4.78, 5) is 11.1. The lowest BCUT2D eigenvalue weighted by molar-refractivity contribution is -0.151. The Morgan fingerprint density at radius 3 is 2.45 bits per heavy atom. The third-order valence-electron chi connectivity index (χ3n) is 1.68. The topological polar surface area (TPSA) is 50.1 Å². The molecule has 0 aromatic heterocycles. The van der Waals surface area contributed by atoms with Crippen LogP contribution in [0.4, 0.5) is 0 Å². The highest BCUT2D eigenvalue weighted by molar-refractivity contribution is 5.79. The molecule has 0 saturated carbocycles. The molecule has 62 valence electrons. The summed E-state index contributed by atoms with van der Waals surface area (Å²) in [7, 11) is 0. The van der Waals surface area contributed by atoms with Crippen LogP contribution in [0.15, 0.2) is 0 Å². The van der Waals surface area contributed by atoms with Crippen LogP contribution >= 0.6 is 0 Å². The SMILES string of the molecule is CCOC(=O)C(C)(C#N)CC. The van der Waals surface area contributed by atoms with Crippen molar-refractivity contribution in [3.8, 4) is 6.07 Å². The van der Waals surface area contributed by atoms with E-state index in [0.29, 0.717) is 13.0 Å². The van der Waals surface area contributed by atoms with Crippen LogP contribution in [0, 0.1) is 16.7 Å². The Bertz CT molecular complexity index is 183. The normalized spacial score (nSPS) is 14.7. The van der Waals surface area contributed by atoms with E-state index in [4.69, 9.17) is 10.00 Å². The zero-order valence-electron chi connectivity index (χ0n) is 7.18. The van der Waals surface area contributed by atoms with Gasteiger partial charge in [-0.3, -0.25) is 4.79 Å². The van der Waals surface area contributed by atoms with Crippen molar-refractivity contribution in [1.29, 1.82) is 5.26 Å². The highest BCUT2D eigenvalue weighted by Crippen LogP contribution is 2.21. The second-order valence-corrected chi connectivity index (χ2v) is 2.52. The molecule has 0 rings (SSSR count). The summed E-state index contributed by atoms with van der Waals surface area (Å²) in [5, 5.41) is 8.63. The summed E-state index contributed by atoms with van der Waals surface area (Å²) in [6.07, 6.45) is 0.488. The molecule has 0 fully saturated rings. The van der Waals surface area contributed by atoms with E-state index in [2.05, 4.69) is 0 Å². The molecular weight excluding hydrogens is 142 g/mol. The van der Waals surface area contributed by atoms with Crippen LogP contribution in [0.2, 0.25) is 0 Å². The molecule has 0 saturated heterocycles. The van der Waals surface area contributed by atoms with E-state index in [9.17, 15) is 4.79 Å². The van der Waals surface area contributed by atoms with E-state index in [-0.39, 0.29) is 0 Å². The molecule has 0 N–H and O–H groups in total. The van der Waals surface area contributed by atoms with Crippen LogP contribution in [0.5, 0.6) is 0 Å². The van der Waals surface area contributed by atoms with E-state index < -0.39 is 11.4 Å². The monoisotopic (exact) mass is 155 g/mol. The van der Waals surface area contributed by atoms with Crippen molar-refractivity contribution in [2.75, 3.05) is 6.61 Å². The highest BCUT2D eigenvalue weighted by Gasteiger charge is 2.32. The zero-order valence-corrected chi connectivity index (χ0v) is 7.18. The lowest BCUT2D eigenvalue weighted by atomic mass is 9.90. The molecule has 0 amide bonds. The van der Waals surface area contributed by atoms with Crippen LogP contribution < -0.4 is 0 Å². The van der Waals surface area contributed by atoms with Gasteiger partial charge in [0, 0.05) is 0 Å². The Hall–Kier alpha value is -1.04. The van der Waals surface area contributed by atoms with Gasteiger partial charge in [-0.15, -0.1) is 0 Å². The third kappa shape index (κ3) is 2.23. The minimum absolute atomic E-state index is 0.329. The molecule has 0 aliphatic heterocycles. The van der Waals surface area contributed by atoms with Gasteiger partial charge in [0.25, 0.3) is 0 Å². The minimum atomic E-state index is -0.962. The molecule has 0 aliphatic rings. The van der Waals surface area contributed by atoms with Crippen molar-refractivity contribution in [2.45, 2.75) is 27.2 Å². The molecule has 0 aromatic rings. The molecule has 0 aliphatic carbocycles. The van der Waals surface area contributed by atoms with Crippen molar-refractivity contribution in [3.05, 3.63) is 0 Å². The molecule has 1 atom stereocenters. The van der Waals surface area contributed by atoms with Crippen LogP contribution in [-0.2, 0) is 9.53 Å². The zero-order chi connectivity index (χ0) is 8.91. The largest absolute Gasteiger partial charge is 0.465 e. The van der Waals surface area contributed by atoms with E-state index >= 15 is 0 Å². The van der Waals surface area contributed by atoms with Gasteiger partial charge < -0.3 is 4.74 Å². The lowest BCUT2D eigenvalue weighted by Gasteiger charge is -2.16. The predicted molar refractivity (Wildman–Crippen MR) is 40.6 cm³/mol. The van der Waals surface area contributed by atoms with Gasteiger partial charge in [0.05, 0.1) is 12.7 Å². The fourth-order valence-electron chi connectivity index (χ4n) is 0.559. The van der Waals surface area contributed by atoms with Crippen molar-refractivity contribution in [2.24, 2.45) is 5.41 Å². The summed E-state index contributed by atoms with van der Waals surface area (Å²) in [5.74, 6) is -0.426. The van der Waals surface area contributed by atoms with E-state index in [0.717, 1.165) is 0 Å². The molecule has 0 radical (unpaired) electrons. The maximum Gasteiger partial charge on any atom is 0.326 e. The number of carbonyl (C=O) groups excluding carboxylic acids is 1. The number of hydrogen-bond donors (Lipinski definition) is 0. The average molecular weight is 155 g/mol. The second kappa shape index (κ2) is 3.97. The number of ether oxygens (including phenoxy) is 1. The Morgan fingerprint density at radius 1 is 1.64 bits per heavy atom. The summed E-state index contributed by atoms with van der Waals surface area (Å²) >= 11 is 0. The molecule has 0 bridgehead atoms. The lowest BCUT2D eigenvalue weighted by Crippen LogP contribution is -2.27. The van der Waals surface area contributed by atoms with Gasteiger partial charge in [0.15, 0.2) is 5.41 Å². The fourth-order valence-corrected chi connectivity index (χ4v) is 0.559. The van der Waals surface area contributed by atoms with Crippen LogP contribution in [0.3, 0.4) is 0 Å². The summed E-state index contributed by atoms with van der Waals surface area (Å²) in [6, 6.07) is 1.94. The smallest absolute Gasteiger partial charge is 0.326 e. The van der Waals surface area contributed by atoms with Crippen molar-refractivity contribution < 1.29 is 9.53 Å². The average Bonchev–Trinajstić information content (AvgIpc) is 2.03. The standard InChI is InChI=1S/C8H13NO2/c1-4-8(3,6-9)7(10)11-5-2/h4-5H2,1-3H3. The molecule has 0 heterocycles. The summed E-state index contributed by atoms with van der Waals surface area (Å²) in [5.41, 5.74) is -0.962. The molecule has 3 nitrogen and oxygen atoms in total. The number of nitrogens with zero attached hydrogens (tertiary/aromatic N) is 1. The van der Waals surface area contributed by atoms with E-state index in [1.165, 1.54) is 0 Å². The van der Waals surface area contributed by atoms with Crippen molar-refractivity contribution in [1.82, 2.24) is 0 Å². The first kappa shape index (κ1) is 9.96. The van der Waals surface area contributed by atoms with E-state index in [1.54, 1.807) is 20.8 Å². The van der Waals surface area contributed by atoms with Crippen LogP contribution in [0.1, 0.15) is 27.2 Å². The molecule has 0 aromatic carbocycles. The predicted octanol–water partition coefficient (Wildman–Crippen LogP) is 1.49. The van der Waals surface area contributed by atoms with Gasteiger partial charge in [-0.1, -0.05) is 6.92 Å². The minimum Gasteiger partial charge on any atom is -0.465 e. The van der Waals surface area contributed by atoms with Crippen molar-refractivity contribution in [3.63, 3.8) is 0 Å². The van der Waals surface area contributed by atoms with Gasteiger partial charge in [-0.25, -0.2) is 0 Å². The van der Waals surface area contributed by atoms with Gasteiger partial charge in [-0.05, 0) is 20.3 Å². The Morgan fingerprint density at radius 2 is 2.18 bits per heavy atom. The quantitative estimate of drug-likeness (QED) is 0.580. The molecule has 1 unspecified atom stereocenters. The van der Waals surface area contributed by atoms with Gasteiger partial charge in [0.1, 0.15) is 0 Å². The number of carbonyl (C=O) groups is 1. The first-order valence-electron chi connectivity index (χ1n) is 3.69. The first-order valence-corrected chi connectivity index (χ1v) is 3.69. The molecule has 11 heavy (non-hydrogen) atoms. The fraction of sp³-hybridized carbons (Fsp3) is 0.750.